The van der Waals surface area contributed by atoms with Crippen LogP contribution >= 0.6 is 0 Å². The molecule has 1 saturated heterocycles. The second-order valence-corrected chi connectivity index (χ2v) is 8.16. The van der Waals surface area contributed by atoms with Crippen molar-refractivity contribution in [1.82, 2.24) is 9.62 Å². The molecule has 0 unspecified atom stereocenters. The molecule has 1 heterocycles. The van der Waals surface area contributed by atoms with Crippen molar-refractivity contribution in [2.75, 3.05) is 31.9 Å². The summed E-state index contributed by atoms with van der Waals surface area (Å²) in [6.45, 7) is 4.74. The number of hydrogen-bond acceptors (Lipinski definition) is 2. The first-order valence-corrected chi connectivity index (χ1v) is 10.4. The standard InChI is InChI=1S/C16H33N2O2S/c1-2-3-4-5-6-7-8-9-10-11-16-21(19,20)18-14-12-17-13-15-18/h2-16H2,1H3. The van der Waals surface area contributed by atoms with Crippen LogP contribution in [0.4, 0.5) is 0 Å². The third-order valence-corrected chi connectivity index (χ3v) is 6.12. The Kier molecular flexibility index (Phi) is 10.3. The van der Waals surface area contributed by atoms with Crippen molar-refractivity contribution in [2.24, 2.45) is 0 Å². The van der Waals surface area contributed by atoms with Gasteiger partial charge in [-0.15, -0.1) is 0 Å². The average Bonchev–Trinajstić information content (AvgIpc) is 2.50. The highest BCUT2D eigenvalue weighted by molar-refractivity contribution is 7.89. The predicted octanol–water partition coefficient (Wildman–Crippen LogP) is 3.16. The summed E-state index contributed by atoms with van der Waals surface area (Å²) in [4.78, 5) is 0. The number of rotatable bonds is 12. The normalized spacial score (nSPS) is 17.2. The van der Waals surface area contributed by atoms with Crippen LogP contribution in [0.2, 0.25) is 0 Å². The Morgan fingerprint density at radius 3 is 1.81 bits per heavy atom. The average molecular weight is 318 g/mol. The quantitative estimate of drug-likeness (QED) is 0.519. The molecule has 0 N–H and O–H groups in total. The molecule has 0 aromatic heterocycles. The van der Waals surface area contributed by atoms with Gasteiger partial charge in [-0.3, -0.25) is 0 Å². The van der Waals surface area contributed by atoms with Gasteiger partial charge >= 0.3 is 0 Å². The van der Waals surface area contributed by atoms with Gasteiger partial charge in [-0.25, -0.2) is 13.7 Å². The molecule has 125 valence electrons. The summed E-state index contributed by atoms with van der Waals surface area (Å²) >= 11 is 0. The first-order chi connectivity index (χ1) is 10.2. The van der Waals surface area contributed by atoms with Crippen LogP contribution in [0.5, 0.6) is 0 Å². The molecule has 1 radical (unpaired) electrons. The minimum Gasteiger partial charge on any atom is -0.239 e. The Morgan fingerprint density at radius 1 is 0.810 bits per heavy atom. The molecule has 0 bridgehead atoms. The van der Waals surface area contributed by atoms with Crippen LogP contribution < -0.4 is 5.32 Å². The second kappa shape index (κ2) is 11.4. The third kappa shape index (κ3) is 8.79. The van der Waals surface area contributed by atoms with Crippen molar-refractivity contribution < 1.29 is 8.42 Å². The minimum atomic E-state index is -3.02. The zero-order valence-electron chi connectivity index (χ0n) is 13.7. The van der Waals surface area contributed by atoms with E-state index in [-0.39, 0.29) is 0 Å². The molecule has 1 rings (SSSR count). The fourth-order valence-electron chi connectivity index (χ4n) is 2.77. The smallest absolute Gasteiger partial charge is 0.214 e. The molecule has 1 aliphatic heterocycles. The van der Waals surface area contributed by atoms with Gasteiger partial charge in [0.05, 0.1) is 5.75 Å². The van der Waals surface area contributed by atoms with E-state index in [0.717, 1.165) is 12.8 Å². The molecule has 0 aliphatic carbocycles. The largest absolute Gasteiger partial charge is 0.239 e. The van der Waals surface area contributed by atoms with E-state index in [1.807, 2.05) is 0 Å². The fourth-order valence-corrected chi connectivity index (χ4v) is 4.31. The fraction of sp³-hybridized carbons (Fsp3) is 1.00. The highest BCUT2D eigenvalue weighted by Gasteiger charge is 2.23. The molecule has 0 aromatic rings. The molecule has 0 amide bonds. The van der Waals surface area contributed by atoms with E-state index in [9.17, 15) is 8.42 Å². The van der Waals surface area contributed by atoms with Crippen LogP contribution in [0.15, 0.2) is 0 Å². The van der Waals surface area contributed by atoms with Crippen LogP contribution in [-0.2, 0) is 10.0 Å². The first-order valence-electron chi connectivity index (χ1n) is 8.78. The topological polar surface area (TPSA) is 51.5 Å². The van der Waals surface area contributed by atoms with E-state index < -0.39 is 10.0 Å². The van der Waals surface area contributed by atoms with E-state index in [2.05, 4.69) is 12.2 Å². The van der Waals surface area contributed by atoms with Crippen LogP contribution in [-0.4, -0.2) is 44.7 Å². The van der Waals surface area contributed by atoms with Gasteiger partial charge in [-0.1, -0.05) is 64.7 Å². The number of nitrogens with zero attached hydrogens (tertiary/aromatic N) is 2. The first kappa shape index (κ1) is 18.9. The molecule has 1 aliphatic rings. The van der Waals surface area contributed by atoms with Gasteiger partial charge in [-0.05, 0) is 6.42 Å². The molecule has 0 aromatic carbocycles. The van der Waals surface area contributed by atoms with E-state index >= 15 is 0 Å². The summed E-state index contributed by atoms with van der Waals surface area (Å²) in [6.07, 6.45) is 12.4. The van der Waals surface area contributed by atoms with Crippen molar-refractivity contribution in [3.8, 4) is 0 Å². The molecule has 5 heteroatoms. The summed E-state index contributed by atoms with van der Waals surface area (Å²) in [6, 6.07) is 0. The summed E-state index contributed by atoms with van der Waals surface area (Å²) in [7, 11) is -3.02. The summed E-state index contributed by atoms with van der Waals surface area (Å²) in [5.41, 5.74) is 0. The predicted molar refractivity (Wildman–Crippen MR) is 89.1 cm³/mol. The van der Waals surface area contributed by atoms with E-state index in [0.29, 0.717) is 31.9 Å². The number of unbranched alkanes of at least 4 members (excludes halogenated alkanes) is 9. The lowest BCUT2D eigenvalue weighted by molar-refractivity contribution is 0.355. The maximum Gasteiger partial charge on any atom is 0.214 e. The third-order valence-electron chi connectivity index (χ3n) is 4.16. The number of sulfonamides is 1. The highest BCUT2D eigenvalue weighted by Crippen LogP contribution is 2.12. The molecular formula is C16H33N2O2S. The molecule has 21 heavy (non-hydrogen) atoms. The molecule has 0 spiro atoms. The lowest BCUT2D eigenvalue weighted by Gasteiger charge is -2.25. The molecule has 1 fully saturated rings. The Balaban J connectivity index is 1.95. The zero-order valence-corrected chi connectivity index (χ0v) is 14.5. The van der Waals surface area contributed by atoms with E-state index in [1.54, 1.807) is 4.31 Å². The Labute approximate surface area is 131 Å². The van der Waals surface area contributed by atoms with Gasteiger partial charge in [0, 0.05) is 26.2 Å². The molecule has 4 nitrogen and oxygen atoms in total. The van der Waals surface area contributed by atoms with E-state index in [4.69, 9.17) is 0 Å². The van der Waals surface area contributed by atoms with E-state index in [1.165, 1.54) is 51.4 Å². The lowest BCUT2D eigenvalue weighted by atomic mass is 10.1. The van der Waals surface area contributed by atoms with Gasteiger partial charge in [0.1, 0.15) is 0 Å². The SMILES string of the molecule is CCCCCCCCCCCCS(=O)(=O)N1CC[N]CC1. The summed E-state index contributed by atoms with van der Waals surface area (Å²) in [5, 5.41) is 4.19. The van der Waals surface area contributed by atoms with Gasteiger partial charge in [0.15, 0.2) is 0 Å². The van der Waals surface area contributed by atoms with Crippen molar-refractivity contribution in [1.29, 1.82) is 0 Å². The highest BCUT2D eigenvalue weighted by atomic mass is 32.2. The van der Waals surface area contributed by atoms with Gasteiger partial charge < -0.3 is 0 Å². The van der Waals surface area contributed by atoms with Crippen molar-refractivity contribution >= 4 is 10.0 Å². The van der Waals surface area contributed by atoms with Gasteiger partial charge in [-0.2, -0.15) is 4.31 Å². The second-order valence-electron chi connectivity index (χ2n) is 6.07. The maximum atomic E-state index is 12.1. The van der Waals surface area contributed by atoms with Crippen molar-refractivity contribution in [3.05, 3.63) is 0 Å². The number of hydrogen-bond donors (Lipinski definition) is 0. The Bertz CT molecular complexity index is 338. The van der Waals surface area contributed by atoms with Crippen LogP contribution in [0.1, 0.15) is 71.1 Å². The van der Waals surface area contributed by atoms with Crippen molar-refractivity contribution in [3.63, 3.8) is 0 Å². The molecule has 0 saturated carbocycles. The Morgan fingerprint density at radius 2 is 1.29 bits per heavy atom. The van der Waals surface area contributed by atoms with Crippen LogP contribution in [0, 0.1) is 0 Å². The zero-order chi connectivity index (χ0) is 15.4. The summed E-state index contributed by atoms with van der Waals surface area (Å²) in [5.74, 6) is 0.323. The number of piperazine rings is 1. The van der Waals surface area contributed by atoms with Crippen LogP contribution in [0.3, 0.4) is 0 Å². The Hall–Kier alpha value is -0.130. The van der Waals surface area contributed by atoms with Gasteiger partial charge in [0.2, 0.25) is 10.0 Å². The lowest BCUT2D eigenvalue weighted by Crippen LogP contribution is -2.44. The van der Waals surface area contributed by atoms with Crippen molar-refractivity contribution in [2.45, 2.75) is 71.1 Å². The molecular weight excluding hydrogens is 284 g/mol. The summed E-state index contributed by atoms with van der Waals surface area (Å²) < 4.78 is 25.8. The maximum absolute atomic E-state index is 12.1. The van der Waals surface area contributed by atoms with Crippen LogP contribution in [0.25, 0.3) is 0 Å². The minimum absolute atomic E-state index is 0.323. The monoisotopic (exact) mass is 317 g/mol. The molecule has 0 atom stereocenters. The van der Waals surface area contributed by atoms with Gasteiger partial charge in [0.25, 0.3) is 0 Å².